The smallest absolute Gasteiger partial charge is 0.230 e. The van der Waals surface area contributed by atoms with Crippen LogP contribution < -0.4 is 4.74 Å². The third kappa shape index (κ3) is 2.83. The molecule has 4 nitrogen and oxygen atoms in total. The van der Waals surface area contributed by atoms with Gasteiger partial charge in [-0.15, -0.1) is 0 Å². The molecule has 0 spiro atoms. The topological polar surface area (TPSA) is 55.2 Å². The summed E-state index contributed by atoms with van der Waals surface area (Å²) in [4.78, 5) is 16.1. The van der Waals surface area contributed by atoms with Crippen molar-refractivity contribution < 1.29 is 13.9 Å². The number of ketones is 1. The largest absolute Gasteiger partial charge is 0.497 e. The third-order valence-electron chi connectivity index (χ3n) is 4.34. The molecule has 0 bridgehead atoms. The lowest BCUT2D eigenvalue weighted by atomic mass is 10.0. The number of fused-ring (bicyclic) bond motifs is 1. The minimum absolute atomic E-state index is 0.106. The van der Waals surface area contributed by atoms with Gasteiger partial charge in [-0.1, -0.05) is 30.3 Å². The number of carbonyl (C=O) groups is 1. The van der Waals surface area contributed by atoms with Gasteiger partial charge in [0.2, 0.25) is 5.78 Å². The van der Waals surface area contributed by atoms with Crippen LogP contribution in [0.3, 0.4) is 0 Å². The molecule has 0 unspecified atom stereocenters. The molecule has 25 heavy (non-hydrogen) atoms. The number of aromatic amines is 1. The van der Waals surface area contributed by atoms with Crippen LogP contribution in [0, 0.1) is 0 Å². The number of H-pyrrole nitrogens is 1. The highest BCUT2D eigenvalue weighted by Gasteiger charge is 2.20. The Balaban J connectivity index is 1.65. The van der Waals surface area contributed by atoms with Crippen LogP contribution in [0.25, 0.3) is 10.9 Å². The van der Waals surface area contributed by atoms with E-state index in [4.69, 9.17) is 9.15 Å². The van der Waals surface area contributed by atoms with Crippen molar-refractivity contribution in [2.24, 2.45) is 0 Å². The van der Waals surface area contributed by atoms with E-state index < -0.39 is 0 Å². The van der Waals surface area contributed by atoms with Crippen molar-refractivity contribution in [3.05, 3.63) is 89.5 Å². The highest BCUT2D eigenvalue weighted by atomic mass is 16.5. The Hall–Kier alpha value is -3.27. The maximum atomic E-state index is 13.0. The summed E-state index contributed by atoms with van der Waals surface area (Å²) in [6, 6.07) is 17.4. The van der Waals surface area contributed by atoms with E-state index in [1.807, 2.05) is 54.6 Å². The van der Waals surface area contributed by atoms with E-state index in [2.05, 4.69) is 4.98 Å². The van der Waals surface area contributed by atoms with Crippen molar-refractivity contribution in [1.29, 1.82) is 0 Å². The quantitative estimate of drug-likeness (QED) is 0.544. The predicted molar refractivity (Wildman–Crippen MR) is 96.2 cm³/mol. The van der Waals surface area contributed by atoms with Gasteiger partial charge in [-0.2, -0.15) is 0 Å². The van der Waals surface area contributed by atoms with Gasteiger partial charge in [0.05, 0.1) is 18.9 Å². The number of hydrogen-bond acceptors (Lipinski definition) is 3. The Morgan fingerprint density at radius 1 is 1.08 bits per heavy atom. The van der Waals surface area contributed by atoms with Gasteiger partial charge >= 0.3 is 0 Å². The molecule has 0 amide bonds. The Morgan fingerprint density at radius 3 is 2.68 bits per heavy atom. The molecule has 4 heteroatoms. The van der Waals surface area contributed by atoms with Gasteiger partial charge in [0, 0.05) is 29.1 Å². The molecular formula is C21H17NO3. The van der Waals surface area contributed by atoms with E-state index in [0.717, 1.165) is 27.8 Å². The molecule has 0 radical (unpaired) electrons. The maximum Gasteiger partial charge on any atom is 0.230 e. The highest BCUT2D eigenvalue weighted by Crippen LogP contribution is 2.25. The van der Waals surface area contributed by atoms with Crippen LogP contribution in [-0.4, -0.2) is 17.9 Å². The number of ether oxygens (including phenoxy) is 1. The average Bonchev–Trinajstić information content (AvgIpc) is 3.29. The summed E-state index contributed by atoms with van der Waals surface area (Å²) in [5.74, 6) is 1.09. The monoisotopic (exact) mass is 331 g/mol. The second kappa shape index (κ2) is 6.32. The summed E-state index contributed by atoms with van der Waals surface area (Å²) in [5.41, 5.74) is 3.53. The van der Waals surface area contributed by atoms with Crippen LogP contribution in [0.4, 0.5) is 0 Å². The molecule has 0 atom stereocenters. The van der Waals surface area contributed by atoms with Gasteiger partial charge < -0.3 is 14.1 Å². The van der Waals surface area contributed by atoms with Crippen molar-refractivity contribution in [3.8, 4) is 5.75 Å². The summed E-state index contributed by atoms with van der Waals surface area (Å²) in [7, 11) is 1.64. The van der Waals surface area contributed by atoms with E-state index in [1.54, 1.807) is 19.6 Å². The zero-order valence-corrected chi connectivity index (χ0v) is 13.8. The van der Waals surface area contributed by atoms with Crippen molar-refractivity contribution in [3.63, 3.8) is 0 Å². The minimum Gasteiger partial charge on any atom is -0.497 e. The standard InChI is InChI=1S/C21H17NO3/c1-24-16-8-6-14(7-9-16)12-15-10-11-25-21(15)20(23)18-13-22-19-5-3-2-4-17(18)19/h2-11,13,22H,12H2,1H3. The Labute approximate surface area is 145 Å². The average molecular weight is 331 g/mol. The fourth-order valence-electron chi connectivity index (χ4n) is 3.02. The number of furan rings is 1. The van der Waals surface area contributed by atoms with Gasteiger partial charge in [-0.25, -0.2) is 0 Å². The predicted octanol–water partition coefficient (Wildman–Crippen LogP) is 4.59. The maximum absolute atomic E-state index is 13.0. The molecule has 124 valence electrons. The van der Waals surface area contributed by atoms with E-state index in [1.165, 1.54) is 0 Å². The molecule has 4 rings (SSSR count). The highest BCUT2D eigenvalue weighted by molar-refractivity contribution is 6.15. The second-order valence-corrected chi connectivity index (χ2v) is 5.88. The Kier molecular flexibility index (Phi) is 3.86. The van der Waals surface area contributed by atoms with Crippen molar-refractivity contribution in [2.75, 3.05) is 7.11 Å². The van der Waals surface area contributed by atoms with E-state index in [-0.39, 0.29) is 5.78 Å². The summed E-state index contributed by atoms with van der Waals surface area (Å²) < 4.78 is 10.7. The van der Waals surface area contributed by atoms with Gasteiger partial charge in [-0.05, 0) is 29.8 Å². The molecule has 0 saturated carbocycles. The molecule has 2 aromatic heterocycles. The van der Waals surface area contributed by atoms with Crippen molar-refractivity contribution >= 4 is 16.7 Å². The molecule has 2 aromatic carbocycles. The van der Waals surface area contributed by atoms with Crippen LogP contribution in [0.5, 0.6) is 5.75 Å². The molecular weight excluding hydrogens is 314 g/mol. The zero-order chi connectivity index (χ0) is 17.2. The number of benzene rings is 2. The molecule has 0 aliphatic rings. The van der Waals surface area contributed by atoms with Crippen LogP contribution in [0.1, 0.15) is 27.2 Å². The van der Waals surface area contributed by atoms with E-state index >= 15 is 0 Å². The van der Waals surface area contributed by atoms with Crippen LogP contribution in [-0.2, 0) is 6.42 Å². The minimum atomic E-state index is -0.106. The number of aromatic nitrogens is 1. The van der Waals surface area contributed by atoms with Crippen molar-refractivity contribution in [2.45, 2.75) is 6.42 Å². The lowest BCUT2D eigenvalue weighted by Crippen LogP contribution is -2.03. The number of methoxy groups -OCH3 is 1. The van der Waals surface area contributed by atoms with Gasteiger partial charge in [0.15, 0.2) is 5.76 Å². The number of rotatable bonds is 5. The lowest BCUT2D eigenvalue weighted by molar-refractivity contribution is 0.101. The Bertz CT molecular complexity index is 1020. The lowest BCUT2D eigenvalue weighted by Gasteiger charge is -2.04. The number of carbonyl (C=O) groups excluding carboxylic acids is 1. The summed E-state index contributed by atoms with van der Waals surface area (Å²) >= 11 is 0. The number of para-hydroxylation sites is 1. The number of hydrogen-bond donors (Lipinski definition) is 1. The fourth-order valence-corrected chi connectivity index (χ4v) is 3.02. The molecule has 0 aliphatic heterocycles. The first-order valence-electron chi connectivity index (χ1n) is 8.06. The fraction of sp³-hybridized carbons (Fsp3) is 0.0952. The van der Waals surface area contributed by atoms with Crippen LogP contribution >= 0.6 is 0 Å². The summed E-state index contributed by atoms with van der Waals surface area (Å²) in [5, 5.41) is 0.902. The van der Waals surface area contributed by atoms with Crippen molar-refractivity contribution in [1.82, 2.24) is 4.98 Å². The van der Waals surface area contributed by atoms with Gasteiger partial charge in [0.1, 0.15) is 5.75 Å². The van der Waals surface area contributed by atoms with Crippen LogP contribution in [0.15, 0.2) is 71.5 Å². The first-order valence-corrected chi connectivity index (χ1v) is 8.06. The van der Waals surface area contributed by atoms with E-state index in [9.17, 15) is 4.79 Å². The third-order valence-corrected chi connectivity index (χ3v) is 4.34. The normalized spacial score (nSPS) is 10.9. The molecule has 0 aliphatic carbocycles. The first kappa shape index (κ1) is 15.3. The Morgan fingerprint density at radius 2 is 1.88 bits per heavy atom. The molecule has 2 heterocycles. The van der Waals surface area contributed by atoms with Gasteiger partial charge in [0.25, 0.3) is 0 Å². The molecule has 1 N–H and O–H groups in total. The summed E-state index contributed by atoms with van der Waals surface area (Å²) in [6.45, 7) is 0. The number of nitrogens with one attached hydrogen (secondary N) is 1. The summed E-state index contributed by atoms with van der Waals surface area (Å²) in [6.07, 6.45) is 3.94. The first-order chi connectivity index (χ1) is 12.3. The molecule has 0 fully saturated rings. The molecule has 4 aromatic rings. The zero-order valence-electron chi connectivity index (χ0n) is 13.8. The molecule has 0 saturated heterocycles. The SMILES string of the molecule is COc1ccc(Cc2ccoc2C(=O)c2c[nH]c3ccccc23)cc1. The van der Waals surface area contributed by atoms with E-state index in [0.29, 0.717) is 17.7 Å². The van der Waals surface area contributed by atoms with Crippen LogP contribution in [0.2, 0.25) is 0 Å². The second-order valence-electron chi connectivity index (χ2n) is 5.88. The van der Waals surface area contributed by atoms with Gasteiger partial charge in [-0.3, -0.25) is 4.79 Å².